The predicted octanol–water partition coefficient (Wildman–Crippen LogP) is 2.66. The molecule has 2 rings (SSSR count). The minimum Gasteiger partial charge on any atom is -0.377 e. The summed E-state index contributed by atoms with van der Waals surface area (Å²) >= 11 is 5.13. The number of pyridine rings is 1. The Morgan fingerprint density at radius 2 is 2.24 bits per heavy atom. The molecule has 0 spiro atoms. The molecule has 0 saturated carbocycles. The largest absolute Gasteiger partial charge is 0.377 e. The molecule has 0 amide bonds. The number of aromatic amines is 1. The SMILES string of the molecule is COCc1nc(=S)cc(-c2ccnc(C)c2)[nH]1. The van der Waals surface area contributed by atoms with E-state index in [4.69, 9.17) is 17.0 Å². The Morgan fingerprint density at radius 1 is 1.41 bits per heavy atom. The summed E-state index contributed by atoms with van der Waals surface area (Å²) in [6, 6.07) is 5.77. The van der Waals surface area contributed by atoms with Gasteiger partial charge in [-0.2, -0.15) is 0 Å². The van der Waals surface area contributed by atoms with Gasteiger partial charge in [-0.15, -0.1) is 0 Å². The zero-order valence-corrected chi connectivity index (χ0v) is 10.5. The van der Waals surface area contributed by atoms with E-state index in [9.17, 15) is 0 Å². The first kappa shape index (κ1) is 11.9. The van der Waals surface area contributed by atoms with E-state index >= 15 is 0 Å². The van der Waals surface area contributed by atoms with E-state index in [1.165, 1.54) is 0 Å². The van der Waals surface area contributed by atoms with Gasteiger partial charge in [-0.1, -0.05) is 12.2 Å². The second-order valence-electron chi connectivity index (χ2n) is 3.70. The van der Waals surface area contributed by atoms with Crippen molar-refractivity contribution in [3.05, 3.63) is 40.6 Å². The number of nitrogens with zero attached hydrogens (tertiary/aromatic N) is 2. The highest BCUT2D eigenvalue weighted by atomic mass is 32.1. The zero-order valence-electron chi connectivity index (χ0n) is 9.73. The number of rotatable bonds is 3. The minimum atomic E-state index is 0.418. The van der Waals surface area contributed by atoms with Gasteiger partial charge >= 0.3 is 0 Å². The highest BCUT2D eigenvalue weighted by Gasteiger charge is 2.02. The van der Waals surface area contributed by atoms with Crippen LogP contribution in [-0.4, -0.2) is 22.1 Å². The monoisotopic (exact) mass is 247 g/mol. The van der Waals surface area contributed by atoms with E-state index in [1.807, 2.05) is 25.1 Å². The third-order valence-electron chi connectivity index (χ3n) is 2.28. The Bertz CT molecular complexity index is 580. The summed E-state index contributed by atoms with van der Waals surface area (Å²) in [6.45, 7) is 2.37. The fourth-order valence-electron chi connectivity index (χ4n) is 1.58. The van der Waals surface area contributed by atoms with Crippen molar-refractivity contribution >= 4 is 12.2 Å². The fraction of sp³-hybridized carbons (Fsp3) is 0.250. The van der Waals surface area contributed by atoms with Crippen LogP contribution in [0.3, 0.4) is 0 Å². The van der Waals surface area contributed by atoms with E-state index in [-0.39, 0.29) is 0 Å². The van der Waals surface area contributed by atoms with Crippen LogP contribution in [0.1, 0.15) is 11.5 Å². The van der Waals surface area contributed by atoms with Crippen molar-refractivity contribution in [3.63, 3.8) is 0 Å². The first-order valence-electron chi connectivity index (χ1n) is 5.21. The van der Waals surface area contributed by atoms with Gasteiger partial charge in [0.1, 0.15) is 17.1 Å². The molecule has 88 valence electrons. The summed E-state index contributed by atoms with van der Waals surface area (Å²) in [5, 5.41) is 0. The summed E-state index contributed by atoms with van der Waals surface area (Å²) in [4.78, 5) is 11.6. The summed E-state index contributed by atoms with van der Waals surface area (Å²) in [7, 11) is 1.63. The van der Waals surface area contributed by atoms with Crippen molar-refractivity contribution in [3.8, 4) is 11.3 Å². The van der Waals surface area contributed by atoms with Crippen LogP contribution in [0.5, 0.6) is 0 Å². The van der Waals surface area contributed by atoms with E-state index in [0.717, 1.165) is 22.8 Å². The van der Waals surface area contributed by atoms with E-state index < -0.39 is 0 Å². The number of aryl methyl sites for hydroxylation is 1. The molecule has 0 radical (unpaired) electrons. The van der Waals surface area contributed by atoms with Gasteiger partial charge in [-0.3, -0.25) is 4.98 Å². The third kappa shape index (κ3) is 2.95. The Kier molecular flexibility index (Phi) is 3.61. The molecule has 2 aromatic rings. The first-order chi connectivity index (χ1) is 8.19. The molecule has 17 heavy (non-hydrogen) atoms. The van der Waals surface area contributed by atoms with Gasteiger partial charge < -0.3 is 9.72 Å². The van der Waals surface area contributed by atoms with Gasteiger partial charge in [-0.25, -0.2) is 4.98 Å². The van der Waals surface area contributed by atoms with Crippen LogP contribution < -0.4 is 0 Å². The van der Waals surface area contributed by atoms with Gasteiger partial charge in [-0.05, 0) is 25.1 Å². The molecule has 0 aromatic carbocycles. The van der Waals surface area contributed by atoms with Crippen LogP contribution >= 0.6 is 12.2 Å². The van der Waals surface area contributed by atoms with Crippen LogP contribution in [-0.2, 0) is 11.3 Å². The molecule has 0 aliphatic heterocycles. The second-order valence-corrected chi connectivity index (χ2v) is 4.12. The summed E-state index contributed by atoms with van der Waals surface area (Å²) < 4.78 is 5.60. The molecule has 2 heterocycles. The maximum absolute atomic E-state index is 5.13. The van der Waals surface area contributed by atoms with Crippen LogP contribution in [0.2, 0.25) is 0 Å². The van der Waals surface area contributed by atoms with Gasteiger partial charge in [0.2, 0.25) is 0 Å². The molecule has 4 nitrogen and oxygen atoms in total. The Hall–Kier alpha value is -1.59. The molecule has 0 aliphatic carbocycles. The van der Waals surface area contributed by atoms with Crippen LogP contribution in [0.15, 0.2) is 24.4 Å². The van der Waals surface area contributed by atoms with Crippen molar-refractivity contribution in [2.75, 3.05) is 7.11 Å². The van der Waals surface area contributed by atoms with Crippen molar-refractivity contribution in [1.29, 1.82) is 0 Å². The van der Waals surface area contributed by atoms with E-state index in [2.05, 4.69) is 15.0 Å². The van der Waals surface area contributed by atoms with Crippen LogP contribution in [0, 0.1) is 11.6 Å². The molecule has 0 unspecified atom stereocenters. The number of aromatic nitrogens is 3. The first-order valence-corrected chi connectivity index (χ1v) is 5.62. The molecule has 5 heteroatoms. The van der Waals surface area contributed by atoms with Crippen LogP contribution in [0.25, 0.3) is 11.3 Å². The van der Waals surface area contributed by atoms with Gasteiger partial charge in [0, 0.05) is 30.3 Å². The molecule has 0 bridgehead atoms. The van der Waals surface area contributed by atoms with Crippen molar-refractivity contribution in [2.24, 2.45) is 0 Å². The predicted molar refractivity (Wildman–Crippen MR) is 68.1 cm³/mol. The number of nitrogens with one attached hydrogen (secondary N) is 1. The molecular formula is C12H13N3OS. The van der Waals surface area contributed by atoms with E-state index in [0.29, 0.717) is 11.2 Å². The normalized spacial score (nSPS) is 10.5. The smallest absolute Gasteiger partial charge is 0.134 e. The molecular weight excluding hydrogens is 234 g/mol. The van der Waals surface area contributed by atoms with Crippen molar-refractivity contribution < 1.29 is 4.74 Å². The summed E-state index contributed by atoms with van der Waals surface area (Å²) in [5.74, 6) is 0.726. The fourth-order valence-corrected chi connectivity index (χ4v) is 1.81. The summed E-state index contributed by atoms with van der Waals surface area (Å²) in [6.07, 6.45) is 1.78. The molecule has 0 atom stereocenters. The average molecular weight is 247 g/mol. The van der Waals surface area contributed by atoms with Gasteiger partial charge in [0.05, 0.1) is 0 Å². The number of hydrogen-bond donors (Lipinski definition) is 1. The number of hydrogen-bond acceptors (Lipinski definition) is 4. The molecule has 1 N–H and O–H groups in total. The highest BCUT2D eigenvalue weighted by molar-refractivity contribution is 7.71. The van der Waals surface area contributed by atoms with E-state index in [1.54, 1.807) is 13.3 Å². The quantitative estimate of drug-likeness (QED) is 0.847. The molecule has 0 aliphatic rings. The average Bonchev–Trinajstić information content (AvgIpc) is 2.28. The standard InChI is InChI=1S/C12H13N3OS/c1-8-5-9(3-4-13-8)10-6-12(17)15-11(14-10)7-16-2/h3-6H,7H2,1-2H3,(H,14,15,17). The Labute approximate surface area is 105 Å². The Morgan fingerprint density at radius 3 is 2.94 bits per heavy atom. The van der Waals surface area contributed by atoms with Gasteiger partial charge in [0.25, 0.3) is 0 Å². The topological polar surface area (TPSA) is 50.8 Å². The molecule has 0 saturated heterocycles. The molecule has 0 fully saturated rings. The lowest BCUT2D eigenvalue weighted by Gasteiger charge is -2.06. The van der Waals surface area contributed by atoms with Crippen LogP contribution in [0.4, 0.5) is 0 Å². The highest BCUT2D eigenvalue weighted by Crippen LogP contribution is 2.17. The lowest BCUT2D eigenvalue weighted by Crippen LogP contribution is -1.99. The number of H-pyrrole nitrogens is 1. The van der Waals surface area contributed by atoms with Crippen molar-refractivity contribution in [2.45, 2.75) is 13.5 Å². The maximum Gasteiger partial charge on any atom is 0.134 e. The maximum atomic E-state index is 5.13. The summed E-state index contributed by atoms with van der Waals surface area (Å²) in [5.41, 5.74) is 2.94. The Balaban J connectivity index is 2.48. The molecule has 2 aromatic heterocycles. The zero-order chi connectivity index (χ0) is 12.3. The number of methoxy groups -OCH3 is 1. The lowest BCUT2D eigenvalue weighted by molar-refractivity contribution is 0.177. The lowest BCUT2D eigenvalue weighted by atomic mass is 10.1. The minimum absolute atomic E-state index is 0.418. The van der Waals surface area contributed by atoms with Crippen molar-refractivity contribution in [1.82, 2.24) is 15.0 Å². The van der Waals surface area contributed by atoms with Gasteiger partial charge in [0.15, 0.2) is 0 Å². The number of ether oxygens (including phenoxy) is 1. The third-order valence-corrected chi connectivity index (χ3v) is 2.49. The second kappa shape index (κ2) is 5.16.